The molecule has 0 nitrogen and oxygen atoms in total. The van der Waals surface area contributed by atoms with Gasteiger partial charge >= 0.3 is 0 Å². The smallest absolute Gasteiger partial charge is 0.0155 e. The SMILES string of the molecule is CC.CC.Cc1cc(C2CCC(C)CC2)ccc1-c1ccc(C2CCC(C)CC2)cc1. The van der Waals surface area contributed by atoms with Crippen LogP contribution in [0.15, 0.2) is 42.5 Å². The Labute approximate surface area is 193 Å². The van der Waals surface area contributed by atoms with Gasteiger partial charge < -0.3 is 0 Å². The maximum atomic E-state index is 2.46. The molecule has 2 aliphatic carbocycles. The Morgan fingerprint density at radius 3 is 1.42 bits per heavy atom. The van der Waals surface area contributed by atoms with Gasteiger partial charge in [0.2, 0.25) is 0 Å². The quantitative estimate of drug-likeness (QED) is 0.463. The Hall–Kier alpha value is -1.56. The van der Waals surface area contributed by atoms with Gasteiger partial charge in [-0.3, -0.25) is 0 Å². The molecule has 0 N–H and O–H groups in total. The molecular weight excluding hydrogens is 372 g/mol. The van der Waals surface area contributed by atoms with Gasteiger partial charge in [-0.05, 0) is 84.1 Å². The molecule has 2 fully saturated rings. The van der Waals surface area contributed by atoms with Crippen LogP contribution in [0.5, 0.6) is 0 Å². The minimum atomic E-state index is 0.782. The summed E-state index contributed by atoms with van der Waals surface area (Å²) in [5.74, 6) is 3.42. The summed E-state index contributed by atoms with van der Waals surface area (Å²) in [5, 5.41) is 0. The molecule has 0 amide bonds. The zero-order valence-corrected chi connectivity index (χ0v) is 21.5. The summed E-state index contributed by atoms with van der Waals surface area (Å²) < 4.78 is 0. The van der Waals surface area contributed by atoms with E-state index >= 15 is 0 Å². The minimum Gasteiger partial charge on any atom is -0.0683 e. The van der Waals surface area contributed by atoms with E-state index in [9.17, 15) is 0 Å². The van der Waals surface area contributed by atoms with Crippen molar-refractivity contribution in [3.63, 3.8) is 0 Å². The van der Waals surface area contributed by atoms with Crippen molar-refractivity contribution in [2.75, 3.05) is 0 Å². The standard InChI is InChI=1S/C27H36.2C2H6/c1-19-4-8-22(9-5-19)23-12-14-25(15-13-23)27-17-16-26(18-21(27)3)24-10-6-20(2)7-11-24;2*1-2/h12-20,22,24H,4-11H2,1-3H3;2*1-2H3. The van der Waals surface area contributed by atoms with Crippen molar-refractivity contribution in [3.05, 3.63) is 59.2 Å². The molecule has 0 bridgehead atoms. The van der Waals surface area contributed by atoms with Gasteiger partial charge in [-0.25, -0.2) is 0 Å². The van der Waals surface area contributed by atoms with Gasteiger partial charge in [0, 0.05) is 0 Å². The fourth-order valence-corrected chi connectivity index (χ4v) is 5.39. The molecule has 0 saturated heterocycles. The van der Waals surface area contributed by atoms with Crippen molar-refractivity contribution in [2.24, 2.45) is 11.8 Å². The van der Waals surface area contributed by atoms with Gasteiger partial charge in [0.1, 0.15) is 0 Å². The number of benzene rings is 2. The molecule has 0 spiro atoms. The van der Waals surface area contributed by atoms with E-state index in [4.69, 9.17) is 0 Å². The van der Waals surface area contributed by atoms with Crippen LogP contribution in [-0.4, -0.2) is 0 Å². The topological polar surface area (TPSA) is 0 Å². The van der Waals surface area contributed by atoms with Gasteiger partial charge in [-0.1, -0.05) is 110 Å². The summed E-state index contributed by atoms with van der Waals surface area (Å²) in [6.45, 7) is 15.1. The second-order valence-corrected chi connectivity index (χ2v) is 9.61. The summed E-state index contributed by atoms with van der Waals surface area (Å²) in [7, 11) is 0. The molecular formula is C31H48. The molecule has 0 heterocycles. The Morgan fingerprint density at radius 1 is 0.548 bits per heavy atom. The summed E-state index contributed by atoms with van der Waals surface area (Å²) in [5.41, 5.74) is 7.34. The van der Waals surface area contributed by atoms with Crippen LogP contribution < -0.4 is 0 Å². The monoisotopic (exact) mass is 420 g/mol. The maximum Gasteiger partial charge on any atom is -0.0155 e. The van der Waals surface area contributed by atoms with Crippen LogP contribution in [0.3, 0.4) is 0 Å². The summed E-state index contributed by atoms with van der Waals surface area (Å²) >= 11 is 0. The van der Waals surface area contributed by atoms with Crippen LogP contribution in [0.2, 0.25) is 0 Å². The van der Waals surface area contributed by atoms with Crippen LogP contribution in [0.4, 0.5) is 0 Å². The lowest BCUT2D eigenvalue weighted by Gasteiger charge is -2.27. The van der Waals surface area contributed by atoms with E-state index in [1.54, 1.807) is 11.1 Å². The van der Waals surface area contributed by atoms with Crippen LogP contribution in [0, 0.1) is 18.8 Å². The molecule has 2 aromatic carbocycles. The van der Waals surface area contributed by atoms with E-state index < -0.39 is 0 Å². The zero-order chi connectivity index (χ0) is 22.8. The highest BCUT2D eigenvalue weighted by molar-refractivity contribution is 5.68. The highest BCUT2D eigenvalue weighted by Gasteiger charge is 2.21. The van der Waals surface area contributed by atoms with E-state index in [0.717, 1.165) is 23.7 Å². The van der Waals surface area contributed by atoms with Gasteiger partial charge in [0.25, 0.3) is 0 Å². The number of hydrogen-bond acceptors (Lipinski definition) is 0. The fraction of sp³-hybridized carbons (Fsp3) is 0.613. The first-order valence-corrected chi connectivity index (χ1v) is 13.3. The predicted octanol–water partition coefficient (Wildman–Crippen LogP) is 10.3. The molecule has 2 aromatic rings. The summed E-state index contributed by atoms with van der Waals surface area (Å²) in [6, 6.07) is 16.7. The highest BCUT2D eigenvalue weighted by atomic mass is 14.3. The predicted molar refractivity (Wildman–Crippen MR) is 140 cm³/mol. The Kier molecular flexibility index (Phi) is 10.9. The molecule has 31 heavy (non-hydrogen) atoms. The van der Waals surface area contributed by atoms with E-state index in [1.807, 2.05) is 27.7 Å². The molecule has 0 aromatic heterocycles. The third kappa shape index (κ3) is 6.96. The van der Waals surface area contributed by atoms with Crippen molar-refractivity contribution in [2.45, 2.75) is 112 Å². The van der Waals surface area contributed by atoms with Crippen LogP contribution in [0.25, 0.3) is 11.1 Å². The summed E-state index contributed by atoms with van der Waals surface area (Å²) in [4.78, 5) is 0. The van der Waals surface area contributed by atoms with Crippen LogP contribution in [-0.2, 0) is 0 Å². The molecule has 0 aliphatic heterocycles. The molecule has 0 radical (unpaired) electrons. The van der Waals surface area contributed by atoms with E-state index in [-0.39, 0.29) is 0 Å². The lowest BCUT2D eigenvalue weighted by molar-refractivity contribution is 0.348. The van der Waals surface area contributed by atoms with E-state index in [2.05, 4.69) is 63.2 Å². The maximum absolute atomic E-state index is 2.46. The molecule has 0 unspecified atom stereocenters. The lowest BCUT2D eigenvalue weighted by atomic mass is 9.78. The van der Waals surface area contributed by atoms with Crippen LogP contribution >= 0.6 is 0 Å². The molecule has 172 valence electrons. The molecule has 2 saturated carbocycles. The van der Waals surface area contributed by atoms with Gasteiger partial charge in [0.05, 0.1) is 0 Å². The van der Waals surface area contributed by atoms with E-state index in [0.29, 0.717) is 0 Å². The zero-order valence-electron chi connectivity index (χ0n) is 21.5. The van der Waals surface area contributed by atoms with Gasteiger partial charge in [0.15, 0.2) is 0 Å². The highest BCUT2D eigenvalue weighted by Crippen LogP contribution is 2.38. The third-order valence-electron chi connectivity index (χ3n) is 7.45. The first kappa shape index (κ1) is 25.7. The van der Waals surface area contributed by atoms with Gasteiger partial charge in [-0.15, -0.1) is 0 Å². The van der Waals surface area contributed by atoms with Crippen molar-refractivity contribution in [3.8, 4) is 11.1 Å². The Bertz CT molecular complexity index is 738. The molecule has 4 rings (SSSR count). The van der Waals surface area contributed by atoms with Crippen molar-refractivity contribution in [1.82, 2.24) is 0 Å². The molecule has 0 heteroatoms. The second kappa shape index (κ2) is 13.1. The largest absolute Gasteiger partial charge is 0.0683 e. The van der Waals surface area contributed by atoms with Crippen molar-refractivity contribution < 1.29 is 0 Å². The average molecular weight is 421 g/mol. The normalized spacial score (nSPS) is 25.5. The average Bonchev–Trinajstić information content (AvgIpc) is 2.83. The third-order valence-corrected chi connectivity index (χ3v) is 7.45. The van der Waals surface area contributed by atoms with Crippen molar-refractivity contribution >= 4 is 0 Å². The Balaban J connectivity index is 0.000000807. The first-order valence-electron chi connectivity index (χ1n) is 13.3. The number of rotatable bonds is 3. The Morgan fingerprint density at radius 2 is 0.968 bits per heavy atom. The lowest BCUT2D eigenvalue weighted by Crippen LogP contribution is -2.11. The molecule has 2 aliphatic rings. The fourth-order valence-electron chi connectivity index (χ4n) is 5.39. The van der Waals surface area contributed by atoms with Gasteiger partial charge in [-0.2, -0.15) is 0 Å². The number of aryl methyl sites for hydroxylation is 1. The van der Waals surface area contributed by atoms with E-state index in [1.165, 1.54) is 68.1 Å². The number of hydrogen-bond donors (Lipinski definition) is 0. The minimum absolute atomic E-state index is 0.782. The molecule has 0 atom stereocenters. The first-order chi connectivity index (χ1) is 15.1. The second-order valence-electron chi connectivity index (χ2n) is 9.61. The summed E-state index contributed by atoms with van der Waals surface area (Å²) in [6.07, 6.45) is 11.1. The van der Waals surface area contributed by atoms with Crippen molar-refractivity contribution in [1.29, 1.82) is 0 Å². The van der Waals surface area contributed by atoms with Crippen LogP contribution in [0.1, 0.15) is 121 Å².